The zero-order valence-electron chi connectivity index (χ0n) is 21.6. The summed E-state index contributed by atoms with van der Waals surface area (Å²) in [5.74, 6) is -3.81. The molecule has 3 aromatic rings. The fourth-order valence-corrected chi connectivity index (χ4v) is 6.71. The largest absolute Gasteiger partial charge is 0.443 e. The van der Waals surface area contributed by atoms with E-state index in [-0.39, 0.29) is 27.4 Å². The summed E-state index contributed by atoms with van der Waals surface area (Å²) in [6.45, 7) is 6.38. The van der Waals surface area contributed by atoms with Crippen LogP contribution in [0.3, 0.4) is 0 Å². The van der Waals surface area contributed by atoms with Gasteiger partial charge in [0.2, 0.25) is 0 Å². The second-order valence-corrected chi connectivity index (χ2v) is 13.6. The van der Waals surface area contributed by atoms with Crippen LogP contribution in [0, 0.1) is 17.5 Å². The Balaban J connectivity index is 1.69. The molecule has 1 N–H and O–H groups in total. The van der Waals surface area contributed by atoms with Crippen LogP contribution < -0.4 is 9.62 Å². The maximum Gasteiger partial charge on any atom is 0.430 e. The summed E-state index contributed by atoms with van der Waals surface area (Å²) in [5, 5.41) is 4.30. The van der Waals surface area contributed by atoms with E-state index in [0.29, 0.717) is 17.7 Å². The third-order valence-corrected chi connectivity index (χ3v) is 9.31. The molecule has 0 unspecified atom stereocenters. The number of carbonyl (C=O) groups is 1. The Morgan fingerprint density at radius 1 is 1.23 bits per heavy atom. The molecule has 2 heterocycles. The van der Waals surface area contributed by atoms with Gasteiger partial charge in [-0.15, -0.1) is 15.6 Å². The predicted molar refractivity (Wildman–Crippen MR) is 151 cm³/mol. The summed E-state index contributed by atoms with van der Waals surface area (Å²) in [6, 6.07) is 3.41. The molecule has 4 rings (SSSR count). The van der Waals surface area contributed by atoms with Crippen LogP contribution >= 0.6 is 38.9 Å². The fraction of sp³-hybridized carbons (Fsp3) is 0.360. The highest BCUT2D eigenvalue weighted by atomic mass is 79.9. The molecule has 0 saturated carbocycles. The molecule has 8 nitrogen and oxygen atoms in total. The topological polar surface area (TPSA) is 91.8 Å². The van der Waals surface area contributed by atoms with Gasteiger partial charge < -0.3 is 10.1 Å². The van der Waals surface area contributed by atoms with Crippen molar-refractivity contribution < 1.29 is 31.1 Å². The van der Waals surface area contributed by atoms with Crippen LogP contribution in [-0.2, 0) is 27.8 Å². The molecule has 0 atom stereocenters. The van der Waals surface area contributed by atoms with E-state index in [1.807, 2.05) is 4.90 Å². The molecule has 1 saturated heterocycles. The number of nitrogens with one attached hydrogen (secondary N) is 1. The number of thiazole rings is 1. The van der Waals surface area contributed by atoms with Crippen molar-refractivity contribution in [2.75, 3.05) is 22.7 Å². The minimum absolute atomic E-state index is 0.105. The molecule has 0 spiro atoms. The van der Waals surface area contributed by atoms with E-state index in [2.05, 4.69) is 26.2 Å². The van der Waals surface area contributed by atoms with Gasteiger partial charge in [0.1, 0.15) is 17.2 Å². The lowest BCUT2D eigenvalue weighted by atomic mass is 10.0. The zero-order chi connectivity index (χ0) is 29.4. The van der Waals surface area contributed by atoms with Crippen LogP contribution in [0.15, 0.2) is 38.5 Å². The Morgan fingerprint density at radius 3 is 2.50 bits per heavy atom. The minimum atomic E-state index is -5.17. The zero-order valence-corrected chi connectivity index (χ0v) is 25.6. The number of hydrogen-bond acceptors (Lipinski definition) is 8. The molecule has 1 aliphatic rings. The number of benzene rings is 2. The van der Waals surface area contributed by atoms with Crippen molar-refractivity contribution in [2.24, 2.45) is 0 Å². The Kier molecular flexibility index (Phi) is 9.05. The summed E-state index contributed by atoms with van der Waals surface area (Å²) in [6.07, 6.45) is -0.379. The van der Waals surface area contributed by atoms with Crippen molar-refractivity contribution >= 4 is 66.5 Å². The minimum Gasteiger partial charge on any atom is -0.443 e. The van der Waals surface area contributed by atoms with Crippen molar-refractivity contribution in [3.63, 3.8) is 0 Å². The number of halogens is 5. The number of ether oxygens (including phenoxy) is 1. The van der Waals surface area contributed by atoms with E-state index in [9.17, 15) is 17.6 Å². The van der Waals surface area contributed by atoms with Gasteiger partial charge in [-0.1, -0.05) is 11.6 Å². The van der Waals surface area contributed by atoms with Crippen LogP contribution in [0.5, 0.6) is 0 Å². The number of nitrogens with zero attached hydrogens (tertiary/aromatic N) is 3. The predicted octanol–water partition coefficient (Wildman–Crippen LogP) is 6.92. The summed E-state index contributed by atoms with van der Waals surface area (Å²) in [5.41, 5.74) is 0.747. The fourth-order valence-electron chi connectivity index (χ4n) is 3.90. The maximum atomic E-state index is 15.6. The number of amides is 1. The van der Waals surface area contributed by atoms with E-state index in [1.165, 1.54) is 43.8 Å². The van der Waals surface area contributed by atoms with Gasteiger partial charge in [0.15, 0.2) is 16.5 Å². The Hall–Kier alpha value is -2.39. The van der Waals surface area contributed by atoms with Gasteiger partial charge in [0.25, 0.3) is 10.0 Å². The molecule has 2 aromatic carbocycles. The number of hydrogen-bond donors (Lipinski definition) is 1. The average molecular weight is 682 g/mol. The first kappa shape index (κ1) is 30.6. The van der Waals surface area contributed by atoms with Gasteiger partial charge in [0, 0.05) is 29.1 Å². The molecule has 0 radical (unpaired) electrons. The molecule has 0 bridgehead atoms. The molecule has 0 aliphatic carbocycles. The third-order valence-electron chi connectivity index (χ3n) is 5.90. The second kappa shape index (κ2) is 11.8. The highest BCUT2D eigenvalue weighted by molar-refractivity contribution is 9.10. The van der Waals surface area contributed by atoms with Crippen molar-refractivity contribution in [1.82, 2.24) is 9.88 Å². The van der Waals surface area contributed by atoms with Crippen LogP contribution in [-0.4, -0.2) is 43.1 Å². The van der Waals surface area contributed by atoms with E-state index in [1.54, 1.807) is 0 Å². The second-order valence-electron chi connectivity index (χ2n) is 9.93. The van der Waals surface area contributed by atoms with Crippen LogP contribution in [0.2, 0.25) is 5.02 Å². The lowest BCUT2D eigenvalue weighted by Gasteiger charge is -2.31. The molecule has 1 aromatic heterocycles. The average Bonchev–Trinajstić information content (AvgIpc) is 3.33. The lowest BCUT2D eigenvalue weighted by molar-refractivity contribution is 0.0608. The van der Waals surface area contributed by atoms with Gasteiger partial charge in [-0.05, 0) is 80.0 Å². The monoisotopic (exact) mass is 680 g/mol. The summed E-state index contributed by atoms with van der Waals surface area (Å²) in [7, 11) is -5.17. The molecule has 216 valence electrons. The highest BCUT2D eigenvalue weighted by Gasteiger charge is 2.40. The number of rotatable bonds is 8. The van der Waals surface area contributed by atoms with Gasteiger partial charge in [-0.25, -0.2) is 31.4 Å². The summed E-state index contributed by atoms with van der Waals surface area (Å²) >= 11 is 10.3. The van der Waals surface area contributed by atoms with E-state index in [0.717, 1.165) is 36.9 Å². The standard InChI is InChI=1S/C25H25BrClF3N4O4S2/c1-25(2,3)38-24(35)34(20-12-39-13-32-20)40(36,37)23-18(29)9-19(21(26)22(23)30)31-10-14-15(11-33-7-4-8-33)17(28)6-5-16(14)27/h5-6,9,12-13,31H,4,7-8,10-11H2,1-3H3. The summed E-state index contributed by atoms with van der Waals surface area (Å²) in [4.78, 5) is 17.4. The van der Waals surface area contributed by atoms with Crippen molar-refractivity contribution in [3.05, 3.63) is 67.2 Å². The molecule has 1 aliphatic heterocycles. The lowest BCUT2D eigenvalue weighted by Crippen LogP contribution is -2.41. The normalized spacial score (nSPS) is 14.1. The first-order valence-corrected chi connectivity index (χ1v) is 15.5. The van der Waals surface area contributed by atoms with Crippen molar-refractivity contribution in [3.8, 4) is 0 Å². The van der Waals surface area contributed by atoms with E-state index >= 15 is 8.78 Å². The molecule has 15 heteroatoms. The number of likely N-dealkylation sites (tertiary alicyclic amines) is 1. The number of anilines is 2. The quantitative estimate of drug-likeness (QED) is 0.258. The SMILES string of the molecule is CC(C)(C)OC(=O)N(c1cscn1)S(=O)(=O)c1c(F)cc(NCc2c(Cl)ccc(F)c2CN2CCC2)c(Br)c1F. The van der Waals surface area contributed by atoms with Crippen molar-refractivity contribution in [2.45, 2.75) is 50.8 Å². The van der Waals surface area contributed by atoms with Gasteiger partial charge in [-0.2, -0.15) is 0 Å². The van der Waals surface area contributed by atoms with Crippen molar-refractivity contribution in [1.29, 1.82) is 0 Å². The Labute approximate surface area is 247 Å². The number of aromatic nitrogens is 1. The van der Waals surface area contributed by atoms with Crippen LogP contribution in [0.1, 0.15) is 38.3 Å². The molecular formula is C25H25BrClF3N4O4S2. The van der Waals surface area contributed by atoms with E-state index < -0.39 is 48.5 Å². The molecular weight excluding hydrogens is 657 g/mol. The Morgan fingerprint density at radius 2 is 1.93 bits per heavy atom. The maximum absolute atomic E-state index is 15.6. The smallest absolute Gasteiger partial charge is 0.430 e. The molecule has 1 amide bonds. The van der Waals surface area contributed by atoms with Crippen LogP contribution in [0.25, 0.3) is 0 Å². The Bertz CT molecular complexity index is 1530. The first-order valence-electron chi connectivity index (χ1n) is 12.0. The molecule has 40 heavy (non-hydrogen) atoms. The number of sulfonamides is 1. The third kappa shape index (κ3) is 6.40. The van der Waals surface area contributed by atoms with Gasteiger partial charge in [-0.3, -0.25) is 4.90 Å². The number of carbonyl (C=O) groups excluding carboxylic acids is 1. The van der Waals surface area contributed by atoms with Crippen LogP contribution in [0.4, 0.5) is 29.5 Å². The summed E-state index contributed by atoms with van der Waals surface area (Å²) < 4.78 is 77.6. The van der Waals surface area contributed by atoms with Gasteiger partial charge >= 0.3 is 6.09 Å². The van der Waals surface area contributed by atoms with E-state index in [4.69, 9.17) is 16.3 Å². The first-order chi connectivity index (χ1) is 18.7. The molecule has 1 fully saturated rings. The van der Waals surface area contributed by atoms with Gasteiger partial charge in [0.05, 0.1) is 15.7 Å². The highest BCUT2D eigenvalue weighted by Crippen LogP contribution is 2.37.